The minimum absolute atomic E-state index is 0.0334. The maximum atomic E-state index is 12.5. The van der Waals surface area contributed by atoms with Crippen molar-refractivity contribution in [2.45, 2.75) is 11.9 Å². The molecule has 4 rings (SSSR count). The van der Waals surface area contributed by atoms with Crippen LogP contribution in [0.3, 0.4) is 0 Å². The van der Waals surface area contributed by atoms with Crippen LogP contribution >= 0.6 is 11.8 Å². The SMILES string of the molecule is COc1ccc(CN2C(=O)CS[C@H]2c2ccc3cc(OC)ccc3c2)cc1. The first kappa shape index (κ1) is 17.7. The number of nitrogens with zero attached hydrogens (tertiary/aromatic N) is 1. The molecule has 0 N–H and O–H groups in total. The van der Waals surface area contributed by atoms with Crippen LogP contribution in [-0.4, -0.2) is 30.8 Å². The smallest absolute Gasteiger partial charge is 0.234 e. The fourth-order valence-corrected chi connectivity index (χ4v) is 4.53. The Hall–Kier alpha value is -2.66. The molecule has 1 heterocycles. The Morgan fingerprint density at radius 1 is 0.926 bits per heavy atom. The minimum Gasteiger partial charge on any atom is -0.497 e. The van der Waals surface area contributed by atoms with Gasteiger partial charge in [-0.15, -0.1) is 11.8 Å². The average Bonchev–Trinajstić information content (AvgIpc) is 3.08. The van der Waals surface area contributed by atoms with Crippen LogP contribution in [0.25, 0.3) is 10.8 Å². The molecule has 1 amide bonds. The van der Waals surface area contributed by atoms with Crippen LogP contribution in [0, 0.1) is 0 Å². The van der Waals surface area contributed by atoms with Gasteiger partial charge in [0.1, 0.15) is 16.9 Å². The highest BCUT2D eigenvalue weighted by Gasteiger charge is 2.32. The van der Waals surface area contributed by atoms with Gasteiger partial charge in [-0.1, -0.05) is 30.3 Å². The predicted molar refractivity (Wildman–Crippen MR) is 109 cm³/mol. The molecule has 1 fully saturated rings. The van der Waals surface area contributed by atoms with Crippen LogP contribution < -0.4 is 9.47 Å². The number of methoxy groups -OCH3 is 2. The lowest BCUT2D eigenvalue weighted by molar-refractivity contribution is -0.128. The van der Waals surface area contributed by atoms with Gasteiger partial charge in [0.2, 0.25) is 5.91 Å². The standard InChI is InChI=1S/C22H21NO3S/c1-25-19-8-3-15(4-9-19)13-23-21(24)14-27-22(23)18-6-5-17-12-20(26-2)10-7-16(17)11-18/h3-12,22H,13-14H2,1-2H3/t22-/m0/s1. The van der Waals surface area contributed by atoms with Crippen molar-refractivity contribution in [3.63, 3.8) is 0 Å². The van der Waals surface area contributed by atoms with Crippen molar-refractivity contribution in [3.05, 3.63) is 71.8 Å². The minimum atomic E-state index is 0.0334. The number of thioether (sulfide) groups is 1. The molecular weight excluding hydrogens is 358 g/mol. The predicted octanol–water partition coefficient (Wildman–Crippen LogP) is 4.63. The topological polar surface area (TPSA) is 38.8 Å². The van der Waals surface area contributed by atoms with Crippen molar-refractivity contribution in [3.8, 4) is 11.5 Å². The Morgan fingerprint density at radius 2 is 1.59 bits per heavy atom. The molecule has 0 spiro atoms. The Labute approximate surface area is 163 Å². The number of ether oxygens (including phenoxy) is 2. The van der Waals surface area contributed by atoms with E-state index in [-0.39, 0.29) is 11.3 Å². The van der Waals surface area contributed by atoms with Crippen LogP contribution in [0.5, 0.6) is 11.5 Å². The summed E-state index contributed by atoms with van der Waals surface area (Å²) < 4.78 is 10.5. The first-order valence-corrected chi connectivity index (χ1v) is 9.84. The molecule has 0 radical (unpaired) electrons. The normalized spacial score (nSPS) is 16.7. The summed E-state index contributed by atoms with van der Waals surface area (Å²) in [6, 6.07) is 20.3. The number of benzene rings is 3. The quantitative estimate of drug-likeness (QED) is 0.648. The van der Waals surface area contributed by atoms with Gasteiger partial charge in [0.25, 0.3) is 0 Å². The molecule has 27 heavy (non-hydrogen) atoms. The maximum absolute atomic E-state index is 12.5. The van der Waals surface area contributed by atoms with Gasteiger partial charge in [0.05, 0.1) is 20.0 Å². The molecule has 5 heteroatoms. The van der Waals surface area contributed by atoms with Crippen molar-refractivity contribution >= 4 is 28.4 Å². The van der Waals surface area contributed by atoms with E-state index in [1.807, 2.05) is 41.3 Å². The van der Waals surface area contributed by atoms with Crippen molar-refractivity contribution in [2.75, 3.05) is 20.0 Å². The van der Waals surface area contributed by atoms with Gasteiger partial charge in [0, 0.05) is 6.54 Å². The van der Waals surface area contributed by atoms with E-state index in [1.54, 1.807) is 26.0 Å². The zero-order valence-corrected chi connectivity index (χ0v) is 16.2. The number of carbonyl (C=O) groups excluding carboxylic acids is 1. The number of carbonyl (C=O) groups is 1. The molecule has 0 unspecified atom stereocenters. The first-order valence-electron chi connectivity index (χ1n) is 8.79. The maximum Gasteiger partial charge on any atom is 0.234 e. The summed E-state index contributed by atoms with van der Waals surface area (Å²) in [7, 11) is 3.33. The third kappa shape index (κ3) is 3.60. The molecule has 3 aromatic carbocycles. The van der Waals surface area contributed by atoms with Gasteiger partial charge in [0.15, 0.2) is 0 Å². The van der Waals surface area contributed by atoms with E-state index in [4.69, 9.17) is 9.47 Å². The summed E-state index contributed by atoms with van der Waals surface area (Å²) in [6.07, 6.45) is 0. The van der Waals surface area contributed by atoms with Crippen LogP contribution in [0.1, 0.15) is 16.5 Å². The van der Waals surface area contributed by atoms with E-state index in [0.29, 0.717) is 12.3 Å². The number of hydrogen-bond donors (Lipinski definition) is 0. The van der Waals surface area contributed by atoms with Gasteiger partial charge in [-0.25, -0.2) is 0 Å². The second kappa shape index (κ2) is 7.53. The summed E-state index contributed by atoms with van der Waals surface area (Å²) in [5.74, 6) is 2.36. The first-order chi connectivity index (χ1) is 13.2. The van der Waals surface area contributed by atoms with Gasteiger partial charge >= 0.3 is 0 Å². The molecule has 0 aromatic heterocycles. The molecule has 4 nitrogen and oxygen atoms in total. The van der Waals surface area contributed by atoms with Gasteiger partial charge in [-0.3, -0.25) is 4.79 Å². The van der Waals surface area contributed by atoms with Crippen molar-refractivity contribution < 1.29 is 14.3 Å². The molecule has 1 aliphatic rings. The van der Waals surface area contributed by atoms with Crippen molar-refractivity contribution in [1.82, 2.24) is 4.90 Å². The van der Waals surface area contributed by atoms with Crippen LogP contribution in [0.15, 0.2) is 60.7 Å². The molecule has 0 aliphatic carbocycles. The van der Waals surface area contributed by atoms with E-state index in [2.05, 4.69) is 24.3 Å². The van der Waals surface area contributed by atoms with E-state index in [1.165, 1.54) is 0 Å². The largest absolute Gasteiger partial charge is 0.497 e. The molecule has 1 atom stereocenters. The fourth-order valence-electron chi connectivity index (χ4n) is 3.35. The monoisotopic (exact) mass is 379 g/mol. The van der Waals surface area contributed by atoms with Gasteiger partial charge < -0.3 is 14.4 Å². The second-order valence-corrected chi connectivity index (χ2v) is 7.57. The lowest BCUT2D eigenvalue weighted by atomic mass is 10.1. The number of fused-ring (bicyclic) bond motifs is 1. The summed E-state index contributed by atoms with van der Waals surface area (Å²) >= 11 is 1.68. The lowest BCUT2D eigenvalue weighted by Gasteiger charge is -2.24. The molecule has 0 bridgehead atoms. The highest BCUT2D eigenvalue weighted by atomic mass is 32.2. The Balaban J connectivity index is 1.60. The summed E-state index contributed by atoms with van der Waals surface area (Å²) in [6.45, 7) is 0.598. The molecule has 0 saturated carbocycles. The Bertz CT molecular complexity index is 971. The third-order valence-electron chi connectivity index (χ3n) is 4.84. The molecule has 138 valence electrons. The van der Waals surface area contributed by atoms with E-state index < -0.39 is 0 Å². The molecule has 3 aromatic rings. The second-order valence-electron chi connectivity index (χ2n) is 6.51. The third-order valence-corrected chi connectivity index (χ3v) is 6.09. The highest BCUT2D eigenvalue weighted by Crippen LogP contribution is 2.40. The Kier molecular flexibility index (Phi) is 4.94. The number of hydrogen-bond acceptors (Lipinski definition) is 4. The fraction of sp³-hybridized carbons (Fsp3) is 0.227. The number of rotatable bonds is 5. The molecule has 1 saturated heterocycles. The Morgan fingerprint density at radius 3 is 2.33 bits per heavy atom. The zero-order chi connectivity index (χ0) is 18.8. The van der Waals surface area contributed by atoms with Crippen LogP contribution in [-0.2, 0) is 11.3 Å². The van der Waals surface area contributed by atoms with E-state index >= 15 is 0 Å². The van der Waals surface area contributed by atoms with Crippen molar-refractivity contribution in [2.24, 2.45) is 0 Å². The van der Waals surface area contributed by atoms with Crippen LogP contribution in [0.2, 0.25) is 0 Å². The van der Waals surface area contributed by atoms with Crippen LogP contribution in [0.4, 0.5) is 0 Å². The average molecular weight is 379 g/mol. The van der Waals surface area contributed by atoms with Gasteiger partial charge in [-0.2, -0.15) is 0 Å². The van der Waals surface area contributed by atoms with E-state index in [0.717, 1.165) is 33.4 Å². The number of amides is 1. The highest BCUT2D eigenvalue weighted by molar-refractivity contribution is 8.00. The summed E-state index contributed by atoms with van der Waals surface area (Å²) in [4.78, 5) is 14.5. The summed E-state index contributed by atoms with van der Waals surface area (Å²) in [5.41, 5.74) is 2.25. The lowest BCUT2D eigenvalue weighted by Crippen LogP contribution is -2.27. The zero-order valence-electron chi connectivity index (χ0n) is 15.3. The van der Waals surface area contributed by atoms with Crippen molar-refractivity contribution in [1.29, 1.82) is 0 Å². The van der Waals surface area contributed by atoms with E-state index in [9.17, 15) is 4.79 Å². The molecule has 1 aliphatic heterocycles. The van der Waals surface area contributed by atoms with Gasteiger partial charge in [-0.05, 0) is 52.2 Å². The molecular formula is C22H21NO3S. The summed E-state index contributed by atoms with van der Waals surface area (Å²) in [5, 5.41) is 2.32.